The van der Waals surface area contributed by atoms with E-state index in [2.05, 4.69) is 50.1 Å². The lowest BCUT2D eigenvalue weighted by atomic mass is 9.74. The fraction of sp³-hybridized carbons (Fsp3) is 0.667. The molecule has 2 heterocycles. The van der Waals surface area contributed by atoms with Gasteiger partial charge >= 0.3 is 0 Å². The van der Waals surface area contributed by atoms with Crippen LogP contribution in [-0.2, 0) is 5.41 Å². The Balaban J connectivity index is 0.000000357. The highest BCUT2D eigenvalue weighted by atomic mass is 16.5. The van der Waals surface area contributed by atoms with Gasteiger partial charge in [-0.1, -0.05) is 52.3 Å². The van der Waals surface area contributed by atoms with Gasteiger partial charge < -0.3 is 9.64 Å². The molecule has 2 heteroatoms. The van der Waals surface area contributed by atoms with Crippen LogP contribution in [0.15, 0.2) is 24.3 Å². The SMILES string of the molecule is CC.CCC.CN1CCC2(CC1)COc1ccccc12. The van der Waals surface area contributed by atoms with E-state index in [-0.39, 0.29) is 0 Å². The van der Waals surface area contributed by atoms with Crippen molar-refractivity contribution >= 4 is 0 Å². The van der Waals surface area contributed by atoms with Crippen LogP contribution in [0.25, 0.3) is 0 Å². The molecular weight excluding hydrogens is 246 g/mol. The Morgan fingerprint density at radius 3 is 2.25 bits per heavy atom. The van der Waals surface area contributed by atoms with Crippen molar-refractivity contribution in [2.24, 2.45) is 0 Å². The maximum absolute atomic E-state index is 5.81. The number of fused-ring (bicyclic) bond motifs is 2. The molecule has 0 aliphatic carbocycles. The molecule has 1 aromatic rings. The van der Waals surface area contributed by atoms with Gasteiger partial charge in [0, 0.05) is 11.0 Å². The number of benzene rings is 1. The Hall–Kier alpha value is -1.02. The van der Waals surface area contributed by atoms with Crippen LogP contribution in [0.3, 0.4) is 0 Å². The maximum Gasteiger partial charge on any atom is 0.123 e. The van der Waals surface area contributed by atoms with Crippen LogP contribution in [0.5, 0.6) is 5.75 Å². The highest BCUT2D eigenvalue weighted by Crippen LogP contribution is 2.44. The van der Waals surface area contributed by atoms with Crippen LogP contribution in [-0.4, -0.2) is 31.6 Å². The standard InChI is InChI=1S/C13H17NO.C3H8.C2H6/c1-14-8-6-13(7-9-14)10-15-12-5-3-2-4-11(12)13;1-3-2;1-2/h2-5H,6-10H2,1H3;3H2,1-2H3;1-2H3. The van der Waals surface area contributed by atoms with Gasteiger partial charge in [-0.3, -0.25) is 0 Å². The molecular formula is C18H31NO. The summed E-state index contributed by atoms with van der Waals surface area (Å²) in [6.45, 7) is 11.5. The van der Waals surface area contributed by atoms with Gasteiger partial charge in [0.05, 0.1) is 6.61 Å². The Labute approximate surface area is 125 Å². The number of likely N-dealkylation sites (tertiary alicyclic amines) is 1. The third-order valence-corrected chi connectivity index (χ3v) is 3.91. The van der Waals surface area contributed by atoms with Crippen LogP contribution < -0.4 is 4.74 Å². The molecule has 2 aliphatic heterocycles. The van der Waals surface area contributed by atoms with Gasteiger partial charge in [0.25, 0.3) is 0 Å². The number of para-hydroxylation sites is 1. The molecule has 1 fully saturated rings. The summed E-state index contributed by atoms with van der Waals surface area (Å²) in [7, 11) is 2.20. The van der Waals surface area contributed by atoms with Crippen molar-refractivity contribution in [1.29, 1.82) is 0 Å². The summed E-state index contributed by atoms with van der Waals surface area (Å²) in [5.74, 6) is 1.11. The van der Waals surface area contributed by atoms with E-state index < -0.39 is 0 Å². The summed E-state index contributed by atoms with van der Waals surface area (Å²) < 4.78 is 5.81. The third-order valence-electron chi connectivity index (χ3n) is 3.91. The van der Waals surface area contributed by atoms with E-state index in [1.165, 1.54) is 37.9 Å². The number of piperidine rings is 1. The minimum Gasteiger partial charge on any atom is -0.492 e. The van der Waals surface area contributed by atoms with Gasteiger partial charge in [0.15, 0.2) is 0 Å². The van der Waals surface area contributed by atoms with E-state index in [1.807, 2.05) is 13.8 Å². The summed E-state index contributed by atoms with van der Waals surface area (Å²) in [5.41, 5.74) is 1.77. The third kappa shape index (κ3) is 3.76. The van der Waals surface area contributed by atoms with Crippen LogP contribution >= 0.6 is 0 Å². The predicted octanol–water partition coefficient (Wildman–Crippen LogP) is 4.48. The van der Waals surface area contributed by atoms with Crippen molar-refractivity contribution in [3.63, 3.8) is 0 Å². The Bertz CT molecular complexity index is 381. The fourth-order valence-electron chi connectivity index (χ4n) is 2.78. The van der Waals surface area contributed by atoms with Gasteiger partial charge in [0.2, 0.25) is 0 Å². The second-order valence-electron chi connectivity index (χ2n) is 5.58. The summed E-state index contributed by atoms with van der Waals surface area (Å²) >= 11 is 0. The topological polar surface area (TPSA) is 12.5 Å². The molecule has 0 amide bonds. The van der Waals surface area contributed by atoms with E-state index in [0.717, 1.165) is 12.4 Å². The minimum absolute atomic E-state index is 0.323. The molecule has 0 saturated carbocycles. The first-order chi connectivity index (χ1) is 9.72. The number of ether oxygens (including phenoxy) is 1. The predicted molar refractivity (Wildman–Crippen MR) is 87.7 cm³/mol. The highest BCUT2D eigenvalue weighted by Gasteiger charge is 2.42. The quantitative estimate of drug-likeness (QED) is 0.693. The van der Waals surface area contributed by atoms with E-state index in [1.54, 1.807) is 0 Å². The van der Waals surface area contributed by atoms with Crippen molar-refractivity contribution in [2.45, 2.75) is 52.4 Å². The summed E-state index contributed by atoms with van der Waals surface area (Å²) in [6.07, 6.45) is 3.72. The van der Waals surface area contributed by atoms with Gasteiger partial charge in [-0.2, -0.15) is 0 Å². The zero-order valence-electron chi connectivity index (χ0n) is 13.9. The average Bonchev–Trinajstić information content (AvgIpc) is 2.85. The maximum atomic E-state index is 5.81. The van der Waals surface area contributed by atoms with E-state index in [0.29, 0.717) is 5.41 Å². The highest BCUT2D eigenvalue weighted by molar-refractivity contribution is 5.43. The number of hydrogen-bond acceptors (Lipinski definition) is 2. The molecule has 114 valence electrons. The number of nitrogens with zero attached hydrogens (tertiary/aromatic N) is 1. The Morgan fingerprint density at radius 1 is 1.10 bits per heavy atom. The first kappa shape index (κ1) is 17.0. The van der Waals surface area contributed by atoms with Gasteiger partial charge in [0.1, 0.15) is 5.75 Å². The molecule has 1 spiro atoms. The van der Waals surface area contributed by atoms with Crippen molar-refractivity contribution in [3.05, 3.63) is 29.8 Å². The van der Waals surface area contributed by atoms with Crippen molar-refractivity contribution in [2.75, 3.05) is 26.7 Å². The monoisotopic (exact) mass is 277 g/mol. The molecule has 20 heavy (non-hydrogen) atoms. The lowest BCUT2D eigenvalue weighted by Crippen LogP contribution is -2.41. The molecule has 0 aromatic heterocycles. The van der Waals surface area contributed by atoms with Crippen LogP contribution in [0, 0.1) is 0 Å². The fourth-order valence-corrected chi connectivity index (χ4v) is 2.78. The molecule has 0 bridgehead atoms. The average molecular weight is 277 g/mol. The number of hydrogen-bond donors (Lipinski definition) is 0. The van der Waals surface area contributed by atoms with Crippen LogP contribution in [0.2, 0.25) is 0 Å². The molecule has 2 aliphatic rings. The summed E-state index contributed by atoms with van der Waals surface area (Å²) in [4.78, 5) is 2.41. The summed E-state index contributed by atoms with van der Waals surface area (Å²) in [5, 5.41) is 0. The second kappa shape index (κ2) is 8.31. The summed E-state index contributed by atoms with van der Waals surface area (Å²) in [6, 6.07) is 8.54. The van der Waals surface area contributed by atoms with Crippen molar-refractivity contribution < 1.29 is 4.74 Å². The van der Waals surface area contributed by atoms with Gasteiger partial charge in [-0.15, -0.1) is 0 Å². The van der Waals surface area contributed by atoms with Crippen molar-refractivity contribution in [1.82, 2.24) is 4.90 Å². The second-order valence-corrected chi connectivity index (χ2v) is 5.58. The molecule has 0 radical (unpaired) electrons. The first-order valence-corrected chi connectivity index (χ1v) is 8.12. The van der Waals surface area contributed by atoms with Crippen LogP contribution in [0.4, 0.5) is 0 Å². The van der Waals surface area contributed by atoms with Crippen molar-refractivity contribution in [3.8, 4) is 5.75 Å². The largest absolute Gasteiger partial charge is 0.492 e. The zero-order chi connectivity index (χ0) is 15.0. The van der Waals surface area contributed by atoms with E-state index in [9.17, 15) is 0 Å². The Morgan fingerprint density at radius 2 is 1.65 bits per heavy atom. The van der Waals surface area contributed by atoms with E-state index >= 15 is 0 Å². The minimum atomic E-state index is 0.323. The molecule has 0 atom stereocenters. The lowest BCUT2D eigenvalue weighted by molar-refractivity contribution is 0.155. The Kier molecular flexibility index (Phi) is 7.08. The van der Waals surface area contributed by atoms with Gasteiger partial charge in [-0.05, 0) is 39.0 Å². The van der Waals surface area contributed by atoms with E-state index in [4.69, 9.17) is 4.74 Å². The molecule has 2 nitrogen and oxygen atoms in total. The molecule has 0 unspecified atom stereocenters. The normalized spacial score (nSPS) is 19.1. The smallest absolute Gasteiger partial charge is 0.123 e. The molecule has 1 aromatic carbocycles. The molecule has 1 saturated heterocycles. The zero-order valence-corrected chi connectivity index (χ0v) is 13.9. The van der Waals surface area contributed by atoms with Gasteiger partial charge in [-0.25, -0.2) is 0 Å². The molecule has 3 rings (SSSR count). The molecule has 0 N–H and O–H groups in total. The first-order valence-electron chi connectivity index (χ1n) is 8.12. The number of rotatable bonds is 0. The van der Waals surface area contributed by atoms with Crippen LogP contribution in [0.1, 0.15) is 52.5 Å². The lowest BCUT2D eigenvalue weighted by Gasteiger charge is -2.36.